The Labute approximate surface area is 84.2 Å². The van der Waals surface area contributed by atoms with Crippen LogP contribution in [0.4, 0.5) is 4.39 Å². The first-order valence-electron chi connectivity index (χ1n) is 4.07. The number of halogens is 2. The van der Waals surface area contributed by atoms with Gasteiger partial charge in [-0.05, 0) is 33.6 Å². The zero-order chi connectivity index (χ0) is 9.26. The zero-order valence-electron chi connectivity index (χ0n) is 6.89. The lowest BCUT2D eigenvalue weighted by atomic mass is 10.2. The van der Waals surface area contributed by atoms with Gasteiger partial charge in [-0.3, -0.25) is 5.32 Å². The molecular formula is C9H9BrFNO. The molecule has 70 valence electrons. The Bertz CT molecular complexity index is 312. The zero-order valence-corrected chi connectivity index (χ0v) is 8.47. The van der Waals surface area contributed by atoms with Gasteiger partial charge >= 0.3 is 0 Å². The third kappa shape index (κ3) is 1.90. The second-order valence-electron chi connectivity index (χ2n) is 2.88. The maximum absolute atomic E-state index is 13.1. The van der Waals surface area contributed by atoms with Crippen molar-refractivity contribution in [2.75, 3.05) is 13.2 Å². The lowest BCUT2D eigenvalue weighted by Crippen LogP contribution is -2.13. The molecule has 2 nitrogen and oxygen atoms in total. The van der Waals surface area contributed by atoms with Gasteiger partial charge in [0.15, 0.2) is 0 Å². The summed E-state index contributed by atoms with van der Waals surface area (Å²) in [5.74, 6) is -0.255. The van der Waals surface area contributed by atoms with E-state index in [2.05, 4.69) is 21.2 Å². The van der Waals surface area contributed by atoms with E-state index >= 15 is 0 Å². The van der Waals surface area contributed by atoms with Crippen molar-refractivity contribution in [3.8, 4) is 0 Å². The van der Waals surface area contributed by atoms with Crippen LogP contribution in [0.2, 0.25) is 0 Å². The van der Waals surface area contributed by atoms with Gasteiger partial charge in [0.25, 0.3) is 0 Å². The third-order valence-electron chi connectivity index (χ3n) is 1.96. The highest BCUT2D eigenvalue weighted by atomic mass is 79.9. The summed E-state index contributed by atoms with van der Waals surface area (Å²) in [6.07, 6.45) is -0.150. The molecule has 13 heavy (non-hydrogen) atoms. The van der Waals surface area contributed by atoms with E-state index in [-0.39, 0.29) is 12.0 Å². The number of rotatable bonds is 1. The molecule has 2 rings (SSSR count). The second-order valence-corrected chi connectivity index (χ2v) is 3.73. The van der Waals surface area contributed by atoms with Crippen molar-refractivity contribution in [3.63, 3.8) is 0 Å². The topological polar surface area (TPSA) is 21.3 Å². The number of hydrogen-bond acceptors (Lipinski definition) is 2. The number of nitrogens with one attached hydrogen (secondary N) is 1. The lowest BCUT2D eigenvalue weighted by Gasteiger charge is -2.10. The standard InChI is InChI=1S/C9H9BrFNO/c10-7-2-1-6(5-8(7)11)9-12-3-4-13-9/h1-2,5,9,12H,3-4H2. The Morgan fingerprint density at radius 3 is 3.00 bits per heavy atom. The average molecular weight is 246 g/mol. The fourth-order valence-electron chi connectivity index (χ4n) is 1.32. The lowest BCUT2D eigenvalue weighted by molar-refractivity contribution is 0.102. The first-order valence-corrected chi connectivity index (χ1v) is 4.86. The molecule has 1 saturated heterocycles. The molecule has 0 bridgehead atoms. The molecule has 1 aliphatic rings. The highest BCUT2D eigenvalue weighted by molar-refractivity contribution is 9.10. The van der Waals surface area contributed by atoms with Gasteiger partial charge in [0.1, 0.15) is 12.0 Å². The van der Waals surface area contributed by atoms with Gasteiger partial charge in [-0.15, -0.1) is 0 Å². The monoisotopic (exact) mass is 245 g/mol. The minimum Gasteiger partial charge on any atom is -0.358 e. The molecule has 0 spiro atoms. The van der Waals surface area contributed by atoms with E-state index < -0.39 is 0 Å². The smallest absolute Gasteiger partial charge is 0.137 e. The summed E-state index contributed by atoms with van der Waals surface area (Å²) < 4.78 is 18.9. The van der Waals surface area contributed by atoms with E-state index in [9.17, 15) is 4.39 Å². The molecule has 4 heteroatoms. The Kier molecular flexibility index (Phi) is 2.62. The van der Waals surface area contributed by atoms with E-state index in [0.717, 1.165) is 12.1 Å². The number of ether oxygens (including phenoxy) is 1. The van der Waals surface area contributed by atoms with Crippen LogP contribution < -0.4 is 5.32 Å². The van der Waals surface area contributed by atoms with Crippen molar-refractivity contribution in [3.05, 3.63) is 34.1 Å². The Morgan fingerprint density at radius 2 is 2.38 bits per heavy atom. The molecule has 0 amide bonds. The highest BCUT2D eigenvalue weighted by Crippen LogP contribution is 2.22. The van der Waals surface area contributed by atoms with Gasteiger partial charge in [-0.2, -0.15) is 0 Å². The van der Waals surface area contributed by atoms with Crippen LogP contribution in [0.5, 0.6) is 0 Å². The fourth-order valence-corrected chi connectivity index (χ4v) is 1.56. The van der Waals surface area contributed by atoms with Crippen molar-refractivity contribution in [2.24, 2.45) is 0 Å². The van der Waals surface area contributed by atoms with Crippen molar-refractivity contribution >= 4 is 15.9 Å². The third-order valence-corrected chi connectivity index (χ3v) is 2.61. The average Bonchev–Trinajstić information content (AvgIpc) is 2.62. The van der Waals surface area contributed by atoms with Gasteiger partial charge in [-0.1, -0.05) is 6.07 Å². The van der Waals surface area contributed by atoms with Crippen LogP contribution in [0.25, 0.3) is 0 Å². The van der Waals surface area contributed by atoms with Crippen molar-refractivity contribution in [2.45, 2.75) is 6.23 Å². The molecule has 0 aliphatic carbocycles. The second kappa shape index (κ2) is 3.74. The Hall–Kier alpha value is -0.450. The van der Waals surface area contributed by atoms with Crippen molar-refractivity contribution in [1.29, 1.82) is 0 Å². The fraction of sp³-hybridized carbons (Fsp3) is 0.333. The molecule has 1 fully saturated rings. The van der Waals surface area contributed by atoms with Crippen LogP contribution in [0.3, 0.4) is 0 Å². The van der Waals surface area contributed by atoms with Crippen LogP contribution in [-0.2, 0) is 4.74 Å². The SMILES string of the molecule is Fc1cc(C2NCCO2)ccc1Br. The van der Waals surface area contributed by atoms with Gasteiger partial charge in [0.05, 0.1) is 11.1 Å². The van der Waals surface area contributed by atoms with E-state index in [4.69, 9.17) is 4.74 Å². The Morgan fingerprint density at radius 1 is 1.54 bits per heavy atom. The molecule has 1 heterocycles. The molecule has 0 radical (unpaired) electrons. The molecule has 1 aromatic carbocycles. The van der Waals surface area contributed by atoms with E-state index in [1.165, 1.54) is 6.07 Å². The summed E-state index contributed by atoms with van der Waals surface area (Å²) in [5.41, 5.74) is 0.832. The molecule has 1 N–H and O–H groups in total. The van der Waals surface area contributed by atoms with Crippen LogP contribution in [-0.4, -0.2) is 13.2 Å². The summed E-state index contributed by atoms with van der Waals surface area (Å²) in [7, 11) is 0. The maximum Gasteiger partial charge on any atom is 0.137 e. The molecule has 1 atom stereocenters. The summed E-state index contributed by atoms with van der Waals surface area (Å²) >= 11 is 3.10. The van der Waals surface area contributed by atoms with E-state index in [0.29, 0.717) is 11.1 Å². The predicted octanol–water partition coefficient (Wildman–Crippen LogP) is 2.21. The summed E-state index contributed by atoms with van der Waals surface area (Å²) in [5, 5.41) is 3.12. The molecular weight excluding hydrogens is 237 g/mol. The predicted molar refractivity (Wildman–Crippen MR) is 50.8 cm³/mol. The quantitative estimate of drug-likeness (QED) is 0.820. The van der Waals surface area contributed by atoms with Crippen molar-refractivity contribution < 1.29 is 9.13 Å². The normalized spacial score (nSPS) is 22.2. The minimum absolute atomic E-state index is 0.150. The largest absolute Gasteiger partial charge is 0.358 e. The van der Waals surface area contributed by atoms with Gasteiger partial charge < -0.3 is 4.74 Å². The van der Waals surface area contributed by atoms with Crippen LogP contribution >= 0.6 is 15.9 Å². The molecule has 0 saturated carbocycles. The first-order chi connectivity index (χ1) is 6.27. The maximum atomic E-state index is 13.1. The van der Waals surface area contributed by atoms with Crippen molar-refractivity contribution in [1.82, 2.24) is 5.32 Å². The summed E-state index contributed by atoms with van der Waals surface area (Å²) in [6.45, 7) is 1.50. The van der Waals surface area contributed by atoms with E-state index in [1.807, 2.05) is 6.07 Å². The molecule has 0 aromatic heterocycles. The number of hydrogen-bond donors (Lipinski definition) is 1. The molecule has 1 aromatic rings. The van der Waals surface area contributed by atoms with E-state index in [1.54, 1.807) is 6.07 Å². The van der Waals surface area contributed by atoms with Crippen LogP contribution in [0.1, 0.15) is 11.8 Å². The highest BCUT2D eigenvalue weighted by Gasteiger charge is 2.17. The minimum atomic E-state index is -0.255. The van der Waals surface area contributed by atoms with Crippen LogP contribution in [0.15, 0.2) is 22.7 Å². The Balaban J connectivity index is 2.25. The first kappa shape index (κ1) is 9.12. The summed E-state index contributed by atoms with van der Waals surface area (Å²) in [6, 6.07) is 5.01. The molecule has 1 unspecified atom stereocenters. The summed E-state index contributed by atoms with van der Waals surface area (Å²) in [4.78, 5) is 0. The molecule has 1 aliphatic heterocycles. The van der Waals surface area contributed by atoms with Gasteiger partial charge in [0.2, 0.25) is 0 Å². The van der Waals surface area contributed by atoms with Gasteiger partial charge in [0, 0.05) is 6.54 Å². The van der Waals surface area contributed by atoms with Gasteiger partial charge in [-0.25, -0.2) is 4.39 Å². The van der Waals surface area contributed by atoms with Crippen LogP contribution in [0, 0.1) is 5.82 Å². The number of benzene rings is 1.